The van der Waals surface area contributed by atoms with Crippen molar-refractivity contribution < 1.29 is 13.2 Å². The first-order valence-electron chi connectivity index (χ1n) is 10.4. The van der Waals surface area contributed by atoms with Crippen LogP contribution in [0.15, 0.2) is 59.5 Å². The van der Waals surface area contributed by atoms with E-state index >= 15 is 0 Å². The first-order chi connectivity index (χ1) is 14.5. The molecule has 2 aromatic rings. The van der Waals surface area contributed by atoms with Gasteiger partial charge in [-0.05, 0) is 49.3 Å². The van der Waals surface area contributed by atoms with Crippen LogP contribution in [-0.2, 0) is 14.8 Å². The fourth-order valence-corrected chi connectivity index (χ4v) is 5.73. The number of hydrogen-bond acceptors (Lipinski definition) is 4. The van der Waals surface area contributed by atoms with E-state index in [1.54, 1.807) is 12.1 Å². The van der Waals surface area contributed by atoms with Gasteiger partial charge >= 0.3 is 0 Å². The largest absolute Gasteiger partial charge is 0.349 e. The molecule has 2 aromatic carbocycles. The Balaban J connectivity index is 1.40. The van der Waals surface area contributed by atoms with Gasteiger partial charge in [0.15, 0.2) is 0 Å². The average molecular weight is 424 g/mol. The minimum atomic E-state index is -3.74. The normalized spacial score (nSPS) is 19.0. The highest BCUT2D eigenvalue weighted by Gasteiger charge is 2.37. The molecular formula is C23H25N3O3S. The molecule has 1 heterocycles. The summed E-state index contributed by atoms with van der Waals surface area (Å²) in [6.07, 6.45) is 3.20. The molecule has 6 nitrogen and oxygen atoms in total. The summed E-state index contributed by atoms with van der Waals surface area (Å²) in [6.45, 7) is 0.555. The van der Waals surface area contributed by atoms with Gasteiger partial charge in [-0.15, -0.1) is 0 Å². The molecule has 2 aliphatic rings. The molecule has 156 valence electrons. The highest BCUT2D eigenvalue weighted by molar-refractivity contribution is 7.89. The lowest BCUT2D eigenvalue weighted by molar-refractivity contribution is -0.127. The molecule has 4 rings (SSSR count). The monoisotopic (exact) mass is 423 g/mol. The van der Waals surface area contributed by atoms with Crippen molar-refractivity contribution in [1.82, 2.24) is 9.62 Å². The van der Waals surface area contributed by atoms with Crippen LogP contribution >= 0.6 is 0 Å². The molecule has 1 aliphatic carbocycles. The van der Waals surface area contributed by atoms with Crippen molar-refractivity contribution in [3.8, 4) is 6.07 Å². The Kier molecular flexibility index (Phi) is 5.89. The van der Waals surface area contributed by atoms with Crippen molar-refractivity contribution in [2.45, 2.75) is 36.6 Å². The van der Waals surface area contributed by atoms with E-state index in [0.717, 1.165) is 18.4 Å². The molecule has 0 aromatic heterocycles. The fourth-order valence-electron chi connectivity index (χ4n) is 4.12. The third-order valence-electron chi connectivity index (χ3n) is 6.00. The van der Waals surface area contributed by atoms with Crippen molar-refractivity contribution in [3.63, 3.8) is 0 Å². The zero-order valence-electron chi connectivity index (χ0n) is 16.7. The smallest absolute Gasteiger partial charge is 0.244 e. The average Bonchev–Trinajstić information content (AvgIpc) is 3.63. The molecule has 0 radical (unpaired) electrons. The van der Waals surface area contributed by atoms with Crippen molar-refractivity contribution >= 4 is 15.9 Å². The number of hydrogen-bond donors (Lipinski definition) is 1. The second-order valence-electron chi connectivity index (χ2n) is 8.02. The molecule has 0 bridgehead atoms. The molecule has 1 unspecified atom stereocenters. The molecule has 1 N–H and O–H groups in total. The summed E-state index contributed by atoms with van der Waals surface area (Å²) in [5, 5.41) is 12.5. The van der Waals surface area contributed by atoms with E-state index in [0.29, 0.717) is 18.8 Å². The molecule has 2 fully saturated rings. The summed E-state index contributed by atoms with van der Waals surface area (Å²) in [4.78, 5) is 13.0. The van der Waals surface area contributed by atoms with Crippen molar-refractivity contribution in [2.24, 2.45) is 11.8 Å². The molecule has 1 saturated carbocycles. The second-order valence-corrected chi connectivity index (χ2v) is 9.93. The van der Waals surface area contributed by atoms with E-state index in [4.69, 9.17) is 0 Å². The summed E-state index contributed by atoms with van der Waals surface area (Å²) >= 11 is 0. The van der Waals surface area contributed by atoms with Gasteiger partial charge in [0.2, 0.25) is 15.9 Å². The lowest BCUT2D eigenvalue weighted by Crippen LogP contribution is -2.44. The van der Waals surface area contributed by atoms with Gasteiger partial charge in [0.05, 0.1) is 16.5 Å². The molecular weight excluding hydrogens is 398 g/mol. The first-order valence-corrected chi connectivity index (χ1v) is 11.8. The predicted molar refractivity (Wildman–Crippen MR) is 113 cm³/mol. The third-order valence-corrected chi connectivity index (χ3v) is 7.96. The Morgan fingerprint density at radius 2 is 1.63 bits per heavy atom. The SMILES string of the molecule is N#Cc1ccccc1S(=O)(=O)N1CCC(C(=O)NC(c2ccccc2)C2CC2)CC1. The zero-order valence-corrected chi connectivity index (χ0v) is 17.5. The van der Waals surface area contributed by atoms with Crippen LogP contribution in [-0.4, -0.2) is 31.7 Å². The van der Waals surface area contributed by atoms with Crippen LogP contribution < -0.4 is 5.32 Å². The zero-order chi connectivity index (χ0) is 21.1. The lowest BCUT2D eigenvalue weighted by Gasteiger charge is -2.31. The van der Waals surface area contributed by atoms with Crippen LogP contribution in [0.1, 0.15) is 42.9 Å². The first kappa shape index (κ1) is 20.6. The maximum absolute atomic E-state index is 13.0. The number of nitrogens with one attached hydrogen (secondary N) is 1. The Hall–Kier alpha value is -2.69. The van der Waals surface area contributed by atoms with E-state index in [2.05, 4.69) is 5.32 Å². The van der Waals surface area contributed by atoms with Gasteiger partial charge in [-0.2, -0.15) is 9.57 Å². The Labute approximate surface area is 177 Å². The van der Waals surface area contributed by atoms with E-state index in [1.807, 2.05) is 36.4 Å². The number of piperidine rings is 1. The summed E-state index contributed by atoms with van der Waals surface area (Å²) in [7, 11) is -3.74. The Morgan fingerprint density at radius 1 is 1.00 bits per heavy atom. The van der Waals surface area contributed by atoms with E-state index in [1.165, 1.54) is 16.4 Å². The van der Waals surface area contributed by atoms with Crippen molar-refractivity contribution in [2.75, 3.05) is 13.1 Å². The van der Waals surface area contributed by atoms with Crippen LogP contribution in [0.3, 0.4) is 0 Å². The standard InChI is InChI=1S/C23H25N3O3S/c24-16-20-8-4-5-9-21(20)30(28,29)26-14-12-19(13-15-26)23(27)25-22(18-10-11-18)17-6-2-1-3-7-17/h1-9,18-19,22H,10-15H2,(H,25,27). The summed E-state index contributed by atoms with van der Waals surface area (Å²) in [6, 6.07) is 18.3. The van der Waals surface area contributed by atoms with Crippen LogP contribution in [0.25, 0.3) is 0 Å². The third kappa shape index (κ3) is 4.25. The lowest BCUT2D eigenvalue weighted by atomic mass is 9.95. The molecule has 7 heteroatoms. The molecule has 1 amide bonds. The molecule has 0 spiro atoms. The highest BCUT2D eigenvalue weighted by atomic mass is 32.2. The fraction of sp³-hybridized carbons (Fsp3) is 0.391. The highest BCUT2D eigenvalue weighted by Crippen LogP contribution is 2.41. The van der Waals surface area contributed by atoms with Gasteiger partial charge in [0, 0.05) is 19.0 Å². The molecule has 30 heavy (non-hydrogen) atoms. The maximum atomic E-state index is 13.0. The van der Waals surface area contributed by atoms with Gasteiger partial charge in [0.25, 0.3) is 0 Å². The molecule has 1 aliphatic heterocycles. The number of nitriles is 1. The Bertz CT molecular complexity index is 1050. The minimum absolute atomic E-state index is 0.00484. The number of rotatable bonds is 6. The predicted octanol–water partition coefficient (Wildman–Crippen LogP) is 3.23. The van der Waals surface area contributed by atoms with Crippen LogP contribution in [0.4, 0.5) is 0 Å². The minimum Gasteiger partial charge on any atom is -0.349 e. The number of carbonyl (C=O) groups is 1. The number of amides is 1. The van der Waals surface area contributed by atoms with Gasteiger partial charge in [-0.1, -0.05) is 42.5 Å². The van der Waals surface area contributed by atoms with Gasteiger partial charge in [-0.3, -0.25) is 4.79 Å². The van der Waals surface area contributed by atoms with Gasteiger partial charge < -0.3 is 5.32 Å². The van der Waals surface area contributed by atoms with E-state index in [9.17, 15) is 18.5 Å². The second kappa shape index (κ2) is 8.58. The quantitative estimate of drug-likeness (QED) is 0.772. The number of sulfonamides is 1. The Morgan fingerprint density at radius 3 is 2.27 bits per heavy atom. The van der Waals surface area contributed by atoms with Crippen LogP contribution in [0.5, 0.6) is 0 Å². The van der Waals surface area contributed by atoms with E-state index in [-0.39, 0.29) is 41.4 Å². The van der Waals surface area contributed by atoms with Crippen molar-refractivity contribution in [3.05, 3.63) is 65.7 Å². The summed E-state index contributed by atoms with van der Waals surface area (Å²) in [5.41, 5.74) is 1.27. The molecule has 1 saturated heterocycles. The number of benzene rings is 2. The number of nitrogens with zero attached hydrogens (tertiary/aromatic N) is 2. The topological polar surface area (TPSA) is 90.3 Å². The van der Waals surface area contributed by atoms with Crippen molar-refractivity contribution in [1.29, 1.82) is 5.26 Å². The maximum Gasteiger partial charge on any atom is 0.244 e. The summed E-state index contributed by atoms with van der Waals surface area (Å²) in [5.74, 6) is 0.289. The van der Waals surface area contributed by atoms with Gasteiger partial charge in [-0.25, -0.2) is 8.42 Å². The summed E-state index contributed by atoms with van der Waals surface area (Å²) < 4.78 is 27.3. The van der Waals surface area contributed by atoms with Crippen LogP contribution in [0, 0.1) is 23.2 Å². The van der Waals surface area contributed by atoms with Gasteiger partial charge in [0.1, 0.15) is 6.07 Å². The van der Waals surface area contributed by atoms with Crippen LogP contribution in [0.2, 0.25) is 0 Å². The number of carbonyl (C=O) groups excluding carboxylic acids is 1. The van der Waals surface area contributed by atoms with E-state index < -0.39 is 10.0 Å². The molecule has 1 atom stereocenters.